The number of nitrogens with one attached hydrogen (secondary N) is 1. The Kier molecular flexibility index (Phi) is 5.20. The summed E-state index contributed by atoms with van der Waals surface area (Å²) in [6.07, 6.45) is -0.956. The van der Waals surface area contributed by atoms with Gasteiger partial charge < -0.3 is 14.8 Å². The first-order chi connectivity index (χ1) is 12.0. The number of halogens is 1. The van der Waals surface area contributed by atoms with Gasteiger partial charge in [0.25, 0.3) is 5.91 Å². The summed E-state index contributed by atoms with van der Waals surface area (Å²) in [7, 11) is 1.59. The summed E-state index contributed by atoms with van der Waals surface area (Å²) < 4.78 is 10.5. The molecule has 2 atom stereocenters. The Bertz CT molecular complexity index is 809. The number of thioether (sulfide) groups is 1. The molecule has 5 nitrogen and oxygen atoms in total. The lowest BCUT2D eigenvalue weighted by atomic mass is 10.1. The molecule has 2 aromatic carbocycles. The van der Waals surface area contributed by atoms with Gasteiger partial charge in [-0.25, -0.2) is 0 Å². The maximum atomic E-state index is 12.6. The molecule has 0 radical (unpaired) electrons. The number of hydrogen-bond donors (Lipinski definition) is 1. The maximum absolute atomic E-state index is 12.6. The zero-order valence-electron chi connectivity index (χ0n) is 13.6. The predicted molar refractivity (Wildman–Crippen MR) is 97.2 cm³/mol. The van der Waals surface area contributed by atoms with Crippen LogP contribution in [0, 0.1) is 0 Å². The number of benzene rings is 2. The van der Waals surface area contributed by atoms with Crippen LogP contribution in [0.3, 0.4) is 0 Å². The van der Waals surface area contributed by atoms with Gasteiger partial charge in [0.15, 0.2) is 6.10 Å². The fraction of sp³-hybridized carbons (Fsp3) is 0.222. The SMILES string of the molecule is COc1ccc([C@H]2Sc3cc(Cl)ccc3NC(=O)[C@H]2OC(C)=O)cc1. The minimum atomic E-state index is -0.956. The monoisotopic (exact) mass is 377 g/mol. The molecule has 1 heterocycles. The molecule has 130 valence electrons. The zero-order chi connectivity index (χ0) is 18.0. The van der Waals surface area contributed by atoms with Crippen molar-refractivity contribution in [1.82, 2.24) is 0 Å². The predicted octanol–water partition coefficient (Wildman–Crippen LogP) is 4.07. The highest BCUT2D eigenvalue weighted by atomic mass is 35.5. The summed E-state index contributed by atoms with van der Waals surface area (Å²) in [6.45, 7) is 1.29. The van der Waals surface area contributed by atoms with E-state index in [9.17, 15) is 9.59 Å². The van der Waals surface area contributed by atoms with Crippen LogP contribution in [-0.2, 0) is 14.3 Å². The molecule has 0 bridgehead atoms. The number of anilines is 1. The standard InChI is InChI=1S/C18H16ClNO4S/c1-10(21)24-16-17(11-3-6-13(23-2)7-4-11)25-15-9-12(19)5-8-14(15)20-18(16)22/h3-9,16-17H,1-2H3,(H,20,22)/t16-,17+/m0/s1. The van der Waals surface area contributed by atoms with Crippen molar-refractivity contribution in [3.63, 3.8) is 0 Å². The second-order valence-electron chi connectivity index (χ2n) is 5.47. The van der Waals surface area contributed by atoms with Gasteiger partial charge in [0.1, 0.15) is 5.75 Å². The normalized spacial score (nSPS) is 19.4. The number of ether oxygens (including phenoxy) is 2. The maximum Gasteiger partial charge on any atom is 0.303 e. The zero-order valence-corrected chi connectivity index (χ0v) is 15.2. The van der Waals surface area contributed by atoms with Crippen LogP contribution >= 0.6 is 23.4 Å². The van der Waals surface area contributed by atoms with Crippen LogP contribution in [0.1, 0.15) is 17.7 Å². The van der Waals surface area contributed by atoms with Gasteiger partial charge in [0.2, 0.25) is 0 Å². The van der Waals surface area contributed by atoms with Crippen LogP contribution in [0.25, 0.3) is 0 Å². The molecule has 2 aromatic rings. The van der Waals surface area contributed by atoms with Gasteiger partial charge in [-0.15, -0.1) is 11.8 Å². The molecule has 3 rings (SSSR count). The van der Waals surface area contributed by atoms with E-state index in [2.05, 4.69) is 5.32 Å². The molecule has 7 heteroatoms. The van der Waals surface area contributed by atoms with E-state index >= 15 is 0 Å². The molecule has 0 unspecified atom stereocenters. The van der Waals surface area contributed by atoms with Crippen molar-refractivity contribution in [1.29, 1.82) is 0 Å². The lowest BCUT2D eigenvalue weighted by Gasteiger charge is -2.23. The van der Waals surface area contributed by atoms with Crippen molar-refractivity contribution in [2.75, 3.05) is 12.4 Å². The van der Waals surface area contributed by atoms with Crippen LogP contribution < -0.4 is 10.1 Å². The highest BCUT2D eigenvalue weighted by molar-refractivity contribution is 7.99. The molecule has 1 N–H and O–H groups in total. The van der Waals surface area contributed by atoms with Crippen molar-refractivity contribution in [2.45, 2.75) is 23.2 Å². The third-order valence-corrected chi connectivity index (χ3v) is 5.33. The lowest BCUT2D eigenvalue weighted by Crippen LogP contribution is -2.34. The minimum Gasteiger partial charge on any atom is -0.497 e. The van der Waals surface area contributed by atoms with E-state index in [1.807, 2.05) is 24.3 Å². The highest BCUT2D eigenvalue weighted by Crippen LogP contribution is 2.45. The first kappa shape index (κ1) is 17.6. The smallest absolute Gasteiger partial charge is 0.303 e. The van der Waals surface area contributed by atoms with Crippen molar-refractivity contribution in [3.8, 4) is 5.75 Å². The lowest BCUT2D eigenvalue weighted by molar-refractivity contribution is -0.152. The largest absolute Gasteiger partial charge is 0.497 e. The van der Waals surface area contributed by atoms with Gasteiger partial charge in [0.05, 0.1) is 18.0 Å². The van der Waals surface area contributed by atoms with E-state index in [0.29, 0.717) is 16.5 Å². The van der Waals surface area contributed by atoms with Gasteiger partial charge in [-0.2, -0.15) is 0 Å². The Morgan fingerprint density at radius 1 is 1.20 bits per heavy atom. The van der Waals surface area contributed by atoms with Crippen molar-refractivity contribution < 1.29 is 19.1 Å². The second kappa shape index (κ2) is 7.37. The molecule has 0 saturated carbocycles. The third kappa shape index (κ3) is 3.91. The molecule has 0 fully saturated rings. The van der Waals surface area contributed by atoms with Crippen LogP contribution in [0.15, 0.2) is 47.4 Å². The molecule has 25 heavy (non-hydrogen) atoms. The average molecular weight is 378 g/mol. The molecule has 1 aliphatic rings. The summed E-state index contributed by atoms with van der Waals surface area (Å²) in [4.78, 5) is 25.0. The summed E-state index contributed by atoms with van der Waals surface area (Å²) in [5.41, 5.74) is 1.49. The molecule has 0 spiro atoms. The van der Waals surface area contributed by atoms with Gasteiger partial charge in [0, 0.05) is 16.8 Å². The topological polar surface area (TPSA) is 64.6 Å². The highest BCUT2D eigenvalue weighted by Gasteiger charge is 2.37. The number of fused-ring (bicyclic) bond motifs is 1. The van der Waals surface area contributed by atoms with E-state index < -0.39 is 17.3 Å². The van der Waals surface area contributed by atoms with E-state index in [-0.39, 0.29) is 5.91 Å². The first-order valence-corrected chi connectivity index (χ1v) is 8.82. The number of rotatable bonds is 3. The van der Waals surface area contributed by atoms with Crippen LogP contribution in [0.2, 0.25) is 5.02 Å². The van der Waals surface area contributed by atoms with Crippen LogP contribution in [-0.4, -0.2) is 25.1 Å². The molecular weight excluding hydrogens is 362 g/mol. The van der Waals surface area contributed by atoms with E-state index in [0.717, 1.165) is 10.5 Å². The Balaban J connectivity index is 2.04. The summed E-state index contributed by atoms with van der Waals surface area (Å²) in [6, 6.07) is 12.6. The second-order valence-corrected chi connectivity index (χ2v) is 7.09. The van der Waals surface area contributed by atoms with Gasteiger partial charge in [-0.1, -0.05) is 23.7 Å². The Morgan fingerprint density at radius 2 is 1.92 bits per heavy atom. The van der Waals surface area contributed by atoms with Crippen molar-refractivity contribution in [3.05, 3.63) is 53.1 Å². The number of esters is 1. The Labute approximate surface area is 154 Å². The van der Waals surface area contributed by atoms with Crippen molar-refractivity contribution >= 4 is 40.9 Å². The number of carbonyl (C=O) groups excluding carboxylic acids is 2. The average Bonchev–Trinajstić information content (AvgIpc) is 2.72. The van der Waals surface area contributed by atoms with Crippen LogP contribution in [0.4, 0.5) is 5.69 Å². The minimum absolute atomic E-state index is 0.371. The van der Waals surface area contributed by atoms with Gasteiger partial charge in [-0.3, -0.25) is 9.59 Å². The quantitative estimate of drug-likeness (QED) is 0.817. The molecule has 0 aliphatic carbocycles. The molecule has 1 amide bonds. The third-order valence-electron chi connectivity index (χ3n) is 3.73. The molecule has 0 aromatic heterocycles. The Hall–Kier alpha value is -2.18. The van der Waals surface area contributed by atoms with E-state index in [1.54, 1.807) is 25.3 Å². The molecule has 0 saturated heterocycles. The summed E-state index contributed by atoms with van der Waals surface area (Å²) >= 11 is 7.52. The van der Waals surface area contributed by atoms with E-state index in [4.69, 9.17) is 21.1 Å². The number of methoxy groups -OCH3 is 1. The summed E-state index contributed by atoms with van der Waals surface area (Å²) in [5.74, 6) is -0.174. The molecule has 1 aliphatic heterocycles. The Morgan fingerprint density at radius 3 is 2.56 bits per heavy atom. The van der Waals surface area contributed by atoms with Gasteiger partial charge >= 0.3 is 5.97 Å². The number of carbonyl (C=O) groups is 2. The summed E-state index contributed by atoms with van der Waals surface area (Å²) in [5, 5.41) is 2.97. The fourth-order valence-corrected chi connectivity index (χ4v) is 4.11. The first-order valence-electron chi connectivity index (χ1n) is 7.56. The molecular formula is C18H16ClNO4S. The van der Waals surface area contributed by atoms with Crippen LogP contribution in [0.5, 0.6) is 5.75 Å². The van der Waals surface area contributed by atoms with Crippen molar-refractivity contribution in [2.24, 2.45) is 0 Å². The fourth-order valence-electron chi connectivity index (χ4n) is 2.57. The number of hydrogen-bond acceptors (Lipinski definition) is 5. The van der Waals surface area contributed by atoms with E-state index in [1.165, 1.54) is 18.7 Å². The number of amides is 1. The van der Waals surface area contributed by atoms with Gasteiger partial charge in [-0.05, 0) is 35.9 Å².